The normalized spacial score (nSPS) is 17.4. The van der Waals surface area contributed by atoms with Crippen LogP contribution in [0.1, 0.15) is 25.7 Å². The molecule has 112 valence electrons. The summed E-state index contributed by atoms with van der Waals surface area (Å²) in [6.45, 7) is 2.37. The molecular formula is C15H21F3N2. The molecule has 0 spiro atoms. The summed E-state index contributed by atoms with van der Waals surface area (Å²) in [5.74, 6) is 0. The van der Waals surface area contributed by atoms with Crippen LogP contribution in [0.2, 0.25) is 0 Å². The lowest BCUT2D eigenvalue weighted by Crippen LogP contribution is -2.42. The Hall–Kier alpha value is -1.23. The lowest BCUT2D eigenvalue weighted by molar-refractivity contribution is -0.135. The zero-order valence-electron chi connectivity index (χ0n) is 11.5. The molecule has 2 nitrogen and oxygen atoms in total. The number of piperidine rings is 1. The molecule has 0 bridgehead atoms. The van der Waals surface area contributed by atoms with Crippen molar-refractivity contribution in [2.24, 2.45) is 0 Å². The fourth-order valence-corrected chi connectivity index (χ4v) is 2.58. The van der Waals surface area contributed by atoms with Crippen LogP contribution in [0, 0.1) is 0 Å². The van der Waals surface area contributed by atoms with Gasteiger partial charge in [0.25, 0.3) is 0 Å². The summed E-state index contributed by atoms with van der Waals surface area (Å²) in [5.41, 5.74) is 1.23. The van der Waals surface area contributed by atoms with Crippen LogP contribution >= 0.6 is 0 Å². The molecular weight excluding hydrogens is 265 g/mol. The molecule has 0 unspecified atom stereocenters. The Kier molecular flexibility index (Phi) is 5.29. The predicted octanol–water partition coefficient (Wildman–Crippen LogP) is 3.59. The molecule has 1 aliphatic rings. The zero-order valence-corrected chi connectivity index (χ0v) is 11.5. The minimum absolute atomic E-state index is 0.169. The van der Waals surface area contributed by atoms with E-state index in [1.807, 2.05) is 18.2 Å². The Balaban J connectivity index is 1.65. The molecule has 2 rings (SSSR count). The largest absolute Gasteiger partial charge is 0.389 e. The molecule has 0 amide bonds. The van der Waals surface area contributed by atoms with Crippen molar-refractivity contribution in [1.82, 2.24) is 5.32 Å². The van der Waals surface area contributed by atoms with Crippen LogP contribution in [0.3, 0.4) is 0 Å². The van der Waals surface area contributed by atoms with Gasteiger partial charge in [-0.3, -0.25) is 0 Å². The van der Waals surface area contributed by atoms with E-state index < -0.39 is 12.6 Å². The van der Waals surface area contributed by atoms with E-state index in [0.717, 1.165) is 25.9 Å². The molecule has 0 aromatic heterocycles. The van der Waals surface area contributed by atoms with Crippen molar-refractivity contribution in [2.75, 3.05) is 24.5 Å². The number of nitrogens with zero attached hydrogens (tertiary/aromatic N) is 1. The number of anilines is 1. The number of hydrogen-bond acceptors (Lipinski definition) is 2. The Morgan fingerprint density at radius 3 is 2.35 bits per heavy atom. The van der Waals surface area contributed by atoms with Gasteiger partial charge in [0.15, 0.2) is 0 Å². The fraction of sp³-hybridized carbons (Fsp3) is 0.600. The third-order valence-electron chi connectivity index (χ3n) is 3.69. The molecule has 0 aliphatic carbocycles. The first-order valence-corrected chi connectivity index (χ1v) is 7.15. The highest BCUT2D eigenvalue weighted by molar-refractivity contribution is 5.46. The molecule has 0 atom stereocenters. The van der Waals surface area contributed by atoms with Crippen LogP contribution in [-0.4, -0.2) is 31.9 Å². The molecule has 5 heteroatoms. The van der Waals surface area contributed by atoms with E-state index in [4.69, 9.17) is 0 Å². The highest BCUT2D eigenvalue weighted by atomic mass is 19.4. The number of alkyl halides is 3. The maximum atomic E-state index is 12.0. The first-order chi connectivity index (χ1) is 9.54. The van der Waals surface area contributed by atoms with Gasteiger partial charge in [0.2, 0.25) is 0 Å². The van der Waals surface area contributed by atoms with Crippen molar-refractivity contribution < 1.29 is 13.2 Å². The monoisotopic (exact) mass is 286 g/mol. The van der Waals surface area contributed by atoms with E-state index in [-0.39, 0.29) is 6.42 Å². The number of halogens is 3. The van der Waals surface area contributed by atoms with E-state index in [9.17, 15) is 13.2 Å². The van der Waals surface area contributed by atoms with E-state index >= 15 is 0 Å². The fourth-order valence-electron chi connectivity index (χ4n) is 2.58. The van der Waals surface area contributed by atoms with Crippen LogP contribution in [0.15, 0.2) is 30.3 Å². The maximum absolute atomic E-state index is 12.0. The van der Waals surface area contributed by atoms with Gasteiger partial charge in [-0.25, -0.2) is 0 Å². The predicted molar refractivity (Wildman–Crippen MR) is 75.0 cm³/mol. The van der Waals surface area contributed by atoms with Crippen molar-refractivity contribution in [2.45, 2.75) is 37.9 Å². The van der Waals surface area contributed by atoms with Gasteiger partial charge in [0.05, 0.1) is 0 Å². The van der Waals surface area contributed by atoms with Crippen molar-refractivity contribution >= 4 is 5.69 Å². The van der Waals surface area contributed by atoms with E-state index in [0.29, 0.717) is 12.6 Å². The Morgan fingerprint density at radius 2 is 1.75 bits per heavy atom. The molecule has 0 radical (unpaired) electrons. The maximum Gasteiger partial charge on any atom is 0.389 e. The van der Waals surface area contributed by atoms with E-state index in [1.165, 1.54) is 5.69 Å². The third-order valence-corrected chi connectivity index (χ3v) is 3.69. The standard InChI is InChI=1S/C15H21F3N2/c16-15(17,18)9-4-10-19-13-7-11-20(12-8-13)14-5-2-1-3-6-14/h1-3,5-6,13,19H,4,7-12H2. The average Bonchev–Trinajstić information content (AvgIpc) is 2.44. The number of para-hydroxylation sites is 1. The van der Waals surface area contributed by atoms with Gasteiger partial charge in [-0.2, -0.15) is 13.2 Å². The smallest absolute Gasteiger partial charge is 0.371 e. The quantitative estimate of drug-likeness (QED) is 0.832. The topological polar surface area (TPSA) is 15.3 Å². The van der Waals surface area contributed by atoms with Gasteiger partial charge in [0.1, 0.15) is 0 Å². The lowest BCUT2D eigenvalue weighted by Gasteiger charge is -2.34. The SMILES string of the molecule is FC(F)(F)CCCNC1CCN(c2ccccc2)CC1. The Morgan fingerprint density at radius 1 is 1.10 bits per heavy atom. The van der Waals surface area contributed by atoms with Crippen molar-refractivity contribution in [3.8, 4) is 0 Å². The minimum atomic E-state index is -4.03. The second-order valence-electron chi connectivity index (χ2n) is 5.27. The van der Waals surface area contributed by atoms with Gasteiger partial charge in [0, 0.05) is 31.2 Å². The molecule has 20 heavy (non-hydrogen) atoms. The molecule has 1 aromatic rings. The number of rotatable bonds is 5. The Labute approximate surface area is 118 Å². The minimum Gasteiger partial charge on any atom is -0.371 e. The summed E-state index contributed by atoms with van der Waals surface area (Å²) in [6.07, 6.45) is -2.58. The average molecular weight is 286 g/mol. The highest BCUT2D eigenvalue weighted by Gasteiger charge is 2.26. The number of hydrogen-bond donors (Lipinski definition) is 1. The summed E-state index contributed by atoms with van der Waals surface area (Å²) in [4.78, 5) is 2.33. The number of benzene rings is 1. The van der Waals surface area contributed by atoms with Crippen LogP contribution in [0.25, 0.3) is 0 Å². The number of nitrogens with one attached hydrogen (secondary N) is 1. The van der Waals surface area contributed by atoms with Crippen molar-refractivity contribution in [3.63, 3.8) is 0 Å². The van der Waals surface area contributed by atoms with Crippen LogP contribution in [0.5, 0.6) is 0 Å². The molecule has 1 aromatic carbocycles. The third kappa shape index (κ3) is 5.04. The van der Waals surface area contributed by atoms with Gasteiger partial charge in [-0.15, -0.1) is 0 Å². The molecule has 0 saturated carbocycles. The first kappa shape index (κ1) is 15.2. The van der Waals surface area contributed by atoms with Gasteiger partial charge >= 0.3 is 6.18 Å². The molecule has 1 heterocycles. The zero-order chi connectivity index (χ0) is 14.4. The van der Waals surface area contributed by atoms with Crippen LogP contribution in [-0.2, 0) is 0 Å². The summed E-state index contributed by atoms with van der Waals surface area (Å²) in [7, 11) is 0. The molecule has 1 saturated heterocycles. The summed E-state index contributed by atoms with van der Waals surface area (Å²) in [6, 6.07) is 10.6. The van der Waals surface area contributed by atoms with Crippen molar-refractivity contribution in [1.29, 1.82) is 0 Å². The van der Waals surface area contributed by atoms with Crippen molar-refractivity contribution in [3.05, 3.63) is 30.3 Å². The Bertz CT molecular complexity index is 384. The second kappa shape index (κ2) is 6.97. The lowest BCUT2D eigenvalue weighted by atomic mass is 10.0. The second-order valence-corrected chi connectivity index (χ2v) is 5.27. The van der Waals surface area contributed by atoms with Crippen LogP contribution < -0.4 is 10.2 Å². The van der Waals surface area contributed by atoms with Crippen LogP contribution in [0.4, 0.5) is 18.9 Å². The van der Waals surface area contributed by atoms with E-state index in [2.05, 4.69) is 22.3 Å². The highest BCUT2D eigenvalue weighted by Crippen LogP contribution is 2.22. The molecule has 1 fully saturated rings. The van der Waals surface area contributed by atoms with Gasteiger partial charge < -0.3 is 10.2 Å². The first-order valence-electron chi connectivity index (χ1n) is 7.15. The summed E-state index contributed by atoms with van der Waals surface area (Å²) in [5, 5.41) is 3.24. The molecule has 1 aliphatic heterocycles. The molecule has 1 N–H and O–H groups in total. The summed E-state index contributed by atoms with van der Waals surface area (Å²) < 4.78 is 36.1. The van der Waals surface area contributed by atoms with Gasteiger partial charge in [-0.1, -0.05) is 18.2 Å². The van der Waals surface area contributed by atoms with Gasteiger partial charge in [-0.05, 0) is 37.9 Å². The summed E-state index contributed by atoms with van der Waals surface area (Å²) >= 11 is 0. The van der Waals surface area contributed by atoms with E-state index in [1.54, 1.807) is 0 Å².